The van der Waals surface area contributed by atoms with Gasteiger partial charge in [0.25, 0.3) is 0 Å². The SMILES string of the molecule is Cc1cccc(-c2ccc3c(c2)c2cc(-c4cccc(C)c4)ccc2n3-c2ccncc2-c2ccc(-n3c4ccc(-c5cccc(C)c5)cc4c4cc(-c5cccc(C)c5)ccc43)c(-c3cccc(C#N)c3)c2)c1. The van der Waals surface area contributed by atoms with Crippen molar-refractivity contribution >= 4 is 43.6 Å². The van der Waals surface area contributed by atoms with Crippen molar-refractivity contribution in [2.24, 2.45) is 0 Å². The quantitative estimate of drug-likeness (QED) is 0.152. The number of rotatable bonds is 8. The smallest absolute Gasteiger partial charge is 0.0991 e. The van der Waals surface area contributed by atoms with Crippen LogP contribution in [0.4, 0.5) is 0 Å². The van der Waals surface area contributed by atoms with E-state index in [1.165, 1.54) is 88.3 Å². The highest BCUT2D eigenvalue weighted by Gasteiger charge is 2.22. The molecule has 0 aliphatic heterocycles. The molecule has 74 heavy (non-hydrogen) atoms. The lowest BCUT2D eigenvalue weighted by molar-refractivity contribution is 1.15. The van der Waals surface area contributed by atoms with Crippen molar-refractivity contribution in [1.82, 2.24) is 14.1 Å². The second-order valence-corrected chi connectivity index (χ2v) is 19.9. The van der Waals surface area contributed by atoms with Crippen molar-refractivity contribution in [2.75, 3.05) is 0 Å². The van der Waals surface area contributed by atoms with Crippen LogP contribution in [0.2, 0.25) is 0 Å². The molecule has 4 heteroatoms. The van der Waals surface area contributed by atoms with E-state index in [9.17, 15) is 5.26 Å². The summed E-state index contributed by atoms with van der Waals surface area (Å²) in [6, 6.07) is 81.9. The van der Waals surface area contributed by atoms with E-state index in [-0.39, 0.29) is 0 Å². The van der Waals surface area contributed by atoms with Crippen molar-refractivity contribution < 1.29 is 0 Å². The summed E-state index contributed by atoms with van der Waals surface area (Å²) < 4.78 is 4.83. The summed E-state index contributed by atoms with van der Waals surface area (Å²) in [5, 5.41) is 15.0. The van der Waals surface area contributed by atoms with E-state index in [0.717, 1.165) is 55.7 Å². The molecule has 0 N–H and O–H groups in total. The molecule has 0 spiro atoms. The second-order valence-electron chi connectivity index (χ2n) is 19.9. The zero-order chi connectivity index (χ0) is 50.0. The van der Waals surface area contributed by atoms with Crippen LogP contribution < -0.4 is 0 Å². The first-order valence-electron chi connectivity index (χ1n) is 25.3. The first kappa shape index (κ1) is 44.4. The average molecular weight is 947 g/mol. The molecule has 0 amide bonds. The number of aromatic nitrogens is 3. The second kappa shape index (κ2) is 17.9. The zero-order valence-electron chi connectivity index (χ0n) is 41.7. The molecule has 0 saturated carbocycles. The molecule has 0 aliphatic rings. The Balaban J connectivity index is 1.04. The number of hydrogen-bond donors (Lipinski definition) is 0. The van der Waals surface area contributed by atoms with E-state index in [4.69, 9.17) is 4.98 Å². The number of nitrogens with zero attached hydrogens (tertiary/aromatic N) is 4. The van der Waals surface area contributed by atoms with Crippen molar-refractivity contribution in [3.8, 4) is 84.2 Å². The van der Waals surface area contributed by atoms with Gasteiger partial charge in [-0.15, -0.1) is 0 Å². The molecule has 13 rings (SSSR count). The van der Waals surface area contributed by atoms with Crippen LogP contribution in [0.1, 0.15) is 27.8 Å². The number of benzene rings is 10. The predicted octanol–water partition coefficient (Wildman–Crippen LogP) is 18.4. The minimum atomic E-state index is 0.606. The van der Waals surface area contributed by atoms with Gasteiger partial charge in [-0.1, -0.05) is 162 Å². The molecule has 0 saturated heterocycles. The minimum Gasteiger partial charge on any atom is -0.309 e. The van der Waals surface area contributed by atoms with Crippen LogP contribution in [-0.2, 0) is 0 Å². The maximum Gasteiger partial charge on any atom is 0.0991 e. The van der Waals surface area contributed by atoms with E-state index in [1.54, 1.807) is 0 Å². The van der Waals surface area contributed by atoms with Crippen LogP contribution in [0.5, 0.6) is 0 Å². The Labute approximate surface area is 431 Å². The highest BCUT2D eigenvalue weighted by molar-refractivity contribution is 6.14. The minimum absolute atomic E-state index is 0.606. The highest BCUT2D eigenvalue weighted by atomic mass is 15.0. The lowest BCUT2D eigenvalue weighted by Gasteiger charge is -2.18. The highest BCUT2D eigenvalue weighted by Crippen LogP contribution is 2.44. The molecule has 0 radical (unpaired) electrons. The average Bonchev–Trinajstić information content (AvgIpc) is 3.94. The molecule has 350 valence electrons. The van der Waals surface area contributed by atoms with E-state index < -0.39 is 0 Å². The number of hydrogen-bond acceptors (Lipinski definition) is 2. The van der Waals surface area contributed by atoms with Crippen LogP contribution in [0.3, 0.4) is 0 Å². The largest absolute Gasteiger partial charge is 0.309 e. The summed E-state index contributed by atoms with van der Waals surface area (Å²) in [7, 11) is 0. The molecule has 4 nitrogen and oxygen atoms in total. The third-order valence-corrected chi connectivity index (χ3v) is 14.8. The normalized spacial score (nSPS) is 11.5. The molecule has 10 aromatic carbocycles. The summed E-state index contributed by atoms with van der Waals surface area (Å²) >= 11 is 0. The number of nitriles is 1. The predicted molar refractivity (Wildman–Crippen MR) is 309 cm³/mol. The molecule has 0 unspecified atom stereocenters. The van der Waals surface area contributed by atoms with Crippen LogP contribution in [-0.4, -0.2) is 14.1 Å². The Morgan fingerprint density at radius 3 is 1.08 bits per heavy atom. The standard InChI is InChI=1S/C70H50N4/c1-44-10-5-15-49(32-44)53-20-25-66-60(37-53)61-38-54(50-16-6-11-45(2)33-50)21-26-67(61)73(66)65-29-24-58(41-59(65)57-19-9-14-48(36-57)42-71)64-43-72-31-30-70(64)74-68-27-22-55(51-17-7-12-46(3)34-51)39-62(68)63-40-56(23-28-69(63)74)52-18-8-13-47(4)35-52/h5-41,43H,1-4H3. The molecule has 3 aromatic heterocycles. The van der Waals surface area contributed by atoms with Gasteiger partial charge >= 0.3 is 0 Å². The fraction of sp³-hybridized carbons (Fsp3) is 0.0571. The molecular weight excluding hydrogens is 897 g/mol. The summed E-state index contributed by atoms with van der Waals surface area (Å²) in [6.45, 7) is 8.60. The maximum atomic E-state index is 10.3. The molecular formula is C70H50N4. The van der Waals surface area contributed by atoms with Crippen molar-refractivity contribution in [1.29, 1.82) is 5.26 Å². The van der Waals surface area contributed by atoms with Crippen LogP contribution in [0.25, 0.3) is 122 Å². The lowest BCUT2D eigenvalue weighted by atomic mass is 9.96. The van der Waals surface area contributed by atoms with Crippen molar-refractivity contribution in [3.05, 3.63) is 259 Å². The lowest BCUT2D eigenvalue weighted by Crippen LogP contribution is -2.01. The van der Waals surface area contributed by atoms with Gasteiger partial charge in [0.2, 0.25) is 0 Å². The molecule has 0 bridgehead atoms. The Bertz CT molecular complexity index is 4240. The fourth-order valence-electron chi connectivity index (χ4n) is 11.3. The third-order valence-electron chi connectivity index (χ3n) is 14.8. The van der Waals surface area contributed by atoms with Gasteiger partial charge in [0, 0.05) is 45.1 Å². The molecule has 3 heterocycles. The van der Waals surface area contributed by atoms with Crippen molar-refractivity contribution in [3.63, 3.8) is 0 Å². The van der Waals surface area contributed by atoms with E-state index in [2.05, 4.69) is 243 Å². The Morgan fingerprint density at radius 1 is 0.324 bits per heavy atom. The van der Waals surface area contributed by atoms with Crippen molar-refractivity contribution in [2.45, 2.75) is 27.7 Å². The van der Waals surface area contributed by atoms with Gasteiger partial charge in [0.1, 0.15) is 0 Å². The van der Waals surface area contributed by atoms with Crippen LogP contribution in [0, 0.1) is 39.0 Å². The van der Waals surface area contributed by atoms with Gasteiger partial charge in [-0.2, -0.15) is 5.26 Å². The van der Waals surface area contributed by atoms with E-state index in [1.807, 2.05) is 30.6 Å². The Kier molecular flexibility index (Phi) is 10.8. The van der Waals surface area contributed by atoms with Crippen LogP contribution >= 0.6 is 0 Å². The van der Waals surface area contributed by atoms with E-state index in [0.29, 0.717) is 5.56 Å². The number of aryl methyl sites for hydroxylation is 4. The maximum absolute atomic E-state index is 10.3. The molecule has 13 aromatic rings. The Hall–Kier alpha value is -9.56. The summed E-state index contributed by atoms with van der Waals surface area (Å²) in [6.07, 6.45) is 3.90. The van der Waals surface area contributed by atoms with Gasteiger partial charge in [-0.05, 0) is 162 Å². The first-order chi connectivity index (χ1) is 36.2. The first-order valence-corrected chi connectivity index (χ1v) is 25.3. The van der Waals surface area contributed by atoms with Gasteiger partial charge in [0.15, 0.2) is 0 Å². The van der Waals surface area contributed by atoms with Crippen LogP contribution in [0.15, 0.2) is 231 Å². The summed E-state index contributed by atoms with van der Waals surface area (Å²) in [5.74, 6) is 0. The topological polar surface area (TPSA) is 46.5 Å². The van der Waals surface area contributed by atoms with Gasteiger partial charge in [-0.25, -0.2) is 0 Å². The zero-order valence-corrected chi connectivity index (χ0v) is 41.7. The van der Waals surface area contributed by atoms with Gasteiger partial charge in [0.05, 0.1) is 45.1 Å². The Morgan fingerprint density at radius 2 is 0.676 bits per heavy atom. The van der Waals surface area contributed by atoms with E-state index >= 15 is 0 Å². The molecule has 0 aliphatic carbocycles. The molecule has 0 atom stereocenters. The fourth-order valence-corrected chi connectivity index (χ4v) is 11.3. The number of pyridine rings is 1. The molecule has 0 fully saturated rings. The monoisotopic (exact) mass is 946 g/mol. The van der Waals surface area contributed by atoms with Gasteiger partial charge < -0.3 is 9.13 Å². The van der Waals surface area contributed by atoms with Gasteiger partial charge in [-0.3, -0.25) is 4.98 Å². The number of fused-ring (bicyclic) bond motifs is 6. The summed E-state index contributed by atoms with van der Waals surface area (Å²) in [5.41, 5.74) is 25.5. The summed E-state index contributed by atoms with van der Waals surface area (Å²) in [4.78, 5) is 4.82. The third kappa shape index (κ3) is 7.75.